The minimum atomic E-state index is -0.468. The van der Waals surface area contributed by atoms with Crippen molar-refractivity contribution in [1.29, 1.82) is 0 Å². The summed E-state index contributed by atoms with van der Waals surface area (Å²) >= 11 is 0. The van der Waals surface area contributed by atoms with Crippen molar-refractivity contribution in [2.24, 2.45) is 17.3 Å². The molecule has 0 aromatic carbocycles. The molecule has 3 rings (SSSR count). The van der Waals surface area contributed by atoms with Crippen LogP contribution in [0.3, 0.4) is 0 Å². The monoisotopic (exact) mass is 429 g/mol. The largest absolute Gasteiger partial charge is 0.345 e. The van der Waals surface area contributed by atoms with Crippen LogP contribution in [0.5, 0.6) is 0 Å². The Balaban J connectivity index is 1.90. The van der Waals surface area contributed by atoms with Crippen LogP contribution in [-0.2, 0) is 16.1 Å². The second-order valence-electron chi connectivity index (χ2n) is 9.70. The first-order valence-electron chi connectivity index (χ1n) is 11.3. The first-order valence-corrected chi connectivity index (χ1v) is 11.3. The van der Waals surface area contributed by atoms with E-state index in [0.29, 0.717) is 23.8 Å². The molecule has 8 nitrogen and oxygen atoms in total. The molecule has 0 radical (unpaired) electrons. The van der Waals surface area contributed by atoms with Crippen molar-refractivity contribution in [2.45, 2.75) is 72.4 Å². The van der Waals surface area contributed by atoms with E-state index in [4.69, 9.17) is 4.98 Å². The molecule has 2 aromatic rings. The summed E-state index contributed by atoms with van der Waals surface area (Å²) in [5.41, 5.74) is 1.49. The van der Waals surface area contributed by atoms with Gasteiger partial charge in [-0.05, 0) is 30.7 Å². The maximum atomic E-state index is 13.4. The van der Waals surface area contributed by atoms with E-state index in [9.17, 15) is 14.8 Å². The smallest absolute Gasteiger partial charge is 0.233 e. The summed E-state index contributed by atoms with van der Waals surface area (Å²) in [6.07, 6.45) is 9.06. The molecule has 2 aromatic heterocycles. The van der Waals surface area contributed by atoms with E-state index in [0.717, 1.165) is 36.2 Å². The Morgan fingerprint density at radius 2 is 2.10 bits per heavy atom. The molecule has 170 valence electrons. The molecule has 0 aliphatic heterocycles. The fourth-order valence-electron chi connectivity index (χ4n) is 4.66. The number of hydrogen-bond acceptors (Lipinski definition) is 5. The van der Waals surface area contributed by atoms with Crippen molar-refractivity contribution in [2.75, 3.05) is 6.54 Å². The zero-order chi connectivity index (χ0) is 22.6. The van der Waals surface area contributed by atoms with E-state index in [2.05, 4.69) is 42.6 Å². The van der Waals surface area contributed by atoms with Gasteiger partial charge in [-0.3, -0.25) is 19.8 Å². The predicted octanol–water partition coefficient (Wildman–Crippen LogP) is 3.70. The molecule has 2 amide bonds. The summed E-state index contributed by atoms with van der Waals surface area (Å²) in [6, 6.07) is 1.61. The number of nitrogens with zero attached hydrogens (tertiary/aromatic N) is 4. The van der Waals surface area contributed by atoms with Crippen LogP contribution in [0.4, 0.5) is 0 Å². The minimum Gasteiger partial charge on any atom is -0.345 e. The molecule has 0 spiro atoms. The molecule has 1 unspecified atom stereocenters. The molecule has 0 bridgehead atoms. The summed E-state index contributed by atoms with van der Waals surface area (Å²) in [5.74, 6) is 0.627. The van der Waals surface area contributed by atoms with Crippen molar-refractivity contribution in [3.05, 3.63) is 24.3 Å². The average molecular weight is 430 g/mol. The van der Waals surface area contributed by atoms with Crippen LogP contribution < -0.4 is 5.32 Å². The van der Waals surface area contributed by atoms with Crippen molar-refractivity contribution in [1.82, 2.24) is 24.9 Å². The SMILES string of the molecule is CCn1c([C@@H](NC(=O)C(CC2CCCC2)CN(O)C=O)C(C)(C)C)nc2cnccc21. The number of nitrogens with one attached hydrogen (secondary N) is 1. The number of hydrogen-bond donors (Lipinski definition) is 2. The highest BCUT2D eigenvalue weighted by Gasteiger charge is 2.35. The van der Waals surface area contributed by atoms with Gasteiger partial charge in [0, 0.05) is 12.7 Å². The predicted molar refractivity (Wildman–Crippen MR) is 118 cm³/mol. The number of carbonyl (C=O) groups is 2. The summed E-state index contributed by atoms with van der Waals surface area (Å²) < 4.78 is 2.11. The Labute approximate surface area is 184 Å². The Morgan fingerprint density at radius 3 is 2.71 bits per heavy atom. The van der Waals surface area contributed by atoms with Crippen LogP contribution in [0, 0.1) is 17.3 Å². The highest BCUT2D eigenvalue weighted by Crippen LogP contribution is 2.35. The molecule has 8 heteroatoms. The molecule has 1 saturated carbocycles. The van der Waals surface area contributed by atoms with Gasteiger partial charge in [-0.1, -0.05) is 46.5 Å². The zero-order valence-electron chi connectivity index (χ0n) is 19.0. The minimum absolute atomic E-state index is 0.00316. The third-order valence-corrected chi connectivity index (χ3v) is 6.30. The molecular weight excluding hydrogens is 394 g/mol. The third-order valence-electron chi connectivity index (χ3n) is 6.30. The van der Waals surface area contributed by atoms with Gasteiger partial charge < -0.3 is 9.88 Å². The Kier molecular flexibility index (Phi) is 7.30. The van der Waals surface area contributed by atoms with E-state index in [1.165, 1.54) is 12.8 Å². The standard InChI is InChI=1S/C23H35N5O3/c1-5-28-19-10-11-24-13-18(19)25-21(28)20(23(2,3)4)26-22(30)17(14-27(31)15-29)12-16-8-6-7-9-16/h10-11,13,15-17,20,31H,5-9,12,14H2,1-4H3,(H,26,30)/t17?,20-/m1/s1. The number of carbonyl (C=O) groups excluding carboxylic acids is 2. The highest BCUT2D eigenvalue weighted by molar-refractivity contribution is 5.80. The van der Waals surface area contributed by atoms with Gasteiger partial charge in [-0.2, -0.15) is 0 Å². The zero-order valence-corrected chi connectivity index (χ0v) is 19.0. The van der Waals surface area contributed by atoms with E-state index < -0.39 is 5.92 Å². The highest BCUT2D eigenvalue weighted by atomic mass is 16.5. The van der Waals surface area contributed by atoms with Crippen LogP contribution in [-0.4, -0.2) is 43.7 Å². The molecule has 31 heavy (non-hydrogen) atoms. The van der Waals surface area contributed by atoms with Crippen molar-refractivity contribution in [3.8, 4) is 0 Å². The number of imidazole rings is 1. The average Bonchev–Trinajstić information content (AvgIpc) is 3.37. The molecule has 0 saturated heterocycles. The summed E-state index contributed by atoms with van der Waals surface area (Å²) in [4.78, 5) is 33.4. The maximum absolute atomic E-state index is 13.4. The van der Waals surface area contributed by atoms with Gasteiger partial charge in [-0.25, -0.2) is 10.0 Å². The Hall–Kier alpha value is -2.48. The lowest BCUT2D eigenvalue weighted by Crippen LogP contribution is -2.44. The molecule has 1 fully saturated rings. The molecule has 2 atom stereocenters. The van der Waals surface area contributed by atoms with Gasteiger partial charge in [0.1, 0.15) is 11.3 Å². The van der Waals surface area contributed by atoms with Gasteiger partial charge >= 0.3 is 0 Å². The second kappa shape index (κ2) is 9.77. The van der Waals surface area contributed by atoms with Gasteiger partial charge in [-0.15, -0.1) is 0 Å². The lowest BCUT2D eigenvalue weighted by molar-refractivity contribution is -0.155. The molecule has 2 N–H and O–H groups in total. The quantitative estimate of drug-likeness (QED) is 0.360. The number of amides is 2. The lowest BCUT2D eigenvalue weighted by atomic mass is 9.85. The summed E-state index contributed by atoms with van der Waals surface area (Å²) in [6.45, 7) is 9.00. The fraction of sp³-hybridized carbons (Fsp3) is 0.652. The summed E-state index contributed by atoms with van der Waals surface area (Å²) in [5, 5.41) is 13.6. The fourth-order valence-corrected chi connectivity index (χ4v) is 4.66. The van der Waals surface area contributed by atoms with E-state index in [1.807, 2.05) is 6.07 Å². The molecular formula is C23H35N5O3. The van der Waals surface area contributed by atoms with Crippen LogP contribution in [0.1, 0.15) is 71.7 Å². The molecule has 1 aliphatic carbocycles. The van der Waals surface area contributed by atoms with Crippen LogP contribution >= 0.6 is 0 Å². The van der Waals surface area contributed by atoms with E-state index >= 15 is 0 Å². The van der Waals surface area contributed by atoms with Gasteiger partial charge in [0.05, 0.1) is 30.2 Å². The normalized spacial score (nSPS) is 16.9. The van der Waals surface area contributed by atoms with Gasteiger partial charge in [0.25, 0.3) is 0 Å². The first-order chi connectivity index (χ1) is 14.7. The van der Waals surface area contributed by atoms with Gasteiger partial charge in [0.2, 0.25) is 12.3 Å². The van der Waals surface area contributed by atoms with Gasteiger partial charge in [0.15, 0.2) is 0 Å². The Morgan fingerprint density at radius 1 is 1.39 bits per heavy atom. The van der Waals surface area contributed by atoms with Crippen LogP contribution in [0.2, 0.25) is 0 Å². The topological polar surface area (TPSA) is 100 Å². The van der Waals surface area contributed by atoms with Crippen molar-refractivity contribution in [3.63, 3.8) is 0 Å². The van der Waals surface area contributed by atoms with Crippen molar-refractivity contribution < 1.29 is 14.8 Å². The number of pyridine rings is 1. The number of hydroxylamine groups is 2. The number of fused-ring (bicyclic) bond motifs is 1. The van der Waals surface area contributed by atoms with Crippen molar-refractivity contribution >= 4 is 23.4 Å². The third kappa shape index (κ3) is 5.42. The number of rotatable bonds is 9. The van der Waals surface area contributed by atoms with E-state index in [1.54, 1.807) is 12.4 Å². The van der Waals surface area contributed by atoms with E-state index in [-0.39, 0.29) is 23.9 Å². The first kappa shape index (κ1) is 23.2. The second-order valence-corrected chi connectivity index (χ2v) is 9.70. The number of aryl methyl sites for hydroxylation is 1. The Bertz CT molecular complexity index is 898. The molecule has 2 heterocycles. The molecule has 1 aliphatic rings. The summed E-state index contributed by atoms with van der Waals surface area (Å²) in [7, 11) is 0. The maximum Gasteiger partial charge on any atom is 0.233 e. The number of aromatic nitrogens is 3. The van der Waals surface area contributed by atoms with Crippen LogP contribution in [0.15, 0.2) is 18.5 Å². The van der Waals surface area contributed by atoms with Crippen LogP contribution in [0.25, 0.3) is 11.0 Å². The lowest BCUT2D eigenvalue weighted by Gasteiger charge is -2.33.